The van der Waals surface area contributed by atoms with Crippen molar-refractivity contribution in [2.45, 2.75) is 13.5 Å². The van der Waals surface area contributed by atoms with Crippen LogP contribution in [-0.2, 0) is 6.54 Å². The van der Waals surface area contributed by atoms with Crippen LogP contribution in [0, 0.1) is 3.57 Å². The molecule has 0 aliphatic heterocycles. The number of hydrogen-bond donors (Lipinski definition) is 1. The maximum Gasteiger partial charge on any atom is 0.0969 e. The van der Waals surface area contributed by atoms with E-state index in [1.165, 1.54) is 0 Å². The maximum atomic E-state index is 4.14. The summed E-state index contributed by atoms with van der Waals surface area (Å²) in [6.07, 6.45) is 1.95. The lowest BCUT2D eigenvalue weighted by Crippen LogP contribution is -2.11. The molecule has 0 aliphatic rings. The summed E-state index contributed by atoms with van der Waals surface area (Å²) < 4.78 is 3.99. The van der Waals surface area contributed by atoms with Gasteiger partial charge in [-0.25, -0.2) is 4.68 Å². The molecule has 1 heterocycles. The Balaban J connectivity index is 2.27. The van der Waals surface area contributed by atoms with Crippen molar-refractivity contribution in [2.24, 2.45) is 0 Å². The van der Waals surface area contributed by atoms with Crippen LogP contribution in [0.1, 0.15) is 12.6 Å². The molecule has 0 spiro atoms. The van der Waals surface area contributed by atoms with Crippen molar-refractivity contribution in [3.05, 3.63) is 38.1 Å². The first-order chi connectivity index (χ1) is 8.20. The van der Waals surface area contributed by atoms with Crippen LogP contribution < -0.4 is 5.32 Å². The van der Waals surface area contributed by atoms with Crippen LogP contribution in [0.15, 0.2) is 28.9 Å². The third-order valence-electron chi connectivity index (χ3n) is 2.25. The van der Waals surface area contributed by atoms with Gasteiger partial charge in [0.2, 0.25) is 0 Å². The van der Waals surface area contributed by atoms with Crippen LogP contribution in [0.4, 0.5) is 0 Å². The minimum atomic E-state index is 0.751. The molecule has 0 bridgehead atoms. The summed E-state index contributed by atoms with van der Waals surface area (Å²) in [5.74, 6) is 0. The fraction of sp³-hybridized carbons (Fsp3) is 0.273. The van der Waals surface area contributed by atoms with Crippen molar-refractivity contribution in [2.75, 3.05) is 6.54 Å². The summed E-state index contributed by atoms with van der Waals surface area (Å²) in [6, 6.07) is 6.10. The van der Waals surface area contributed by atoms with Gasteiger partial charge >= 0.3 is 0 Å². The Morgan fingerprint density at radius 3 is 3.06 bits per heavy atom. The van der Waals surface area contributed by atoms with Gasteiger partial charge in [-0.2, -0.15) is 0 Å². The Labute approximate surface area is 122 Å². The van der Waals surface area contributed by atoms with E-state index in [2.05, 4.69) is 61.1 Å². The Bertz CT molecular complexity index is 512. The molecule has 0 unspecified atom stereocenters. The molecule has 0 fully saturated rings. The van der Waals surface area contributed by atoms with Gasteiger partial charge < -0.3 is 5.32 Å². The summed E-state index contributed by atoms with van der Waals surface area (Å²) in [5, 5.41) is 11.5. The van der Waals surface area contributed by atoms with Crippen molar-refractivity contribution in [1.29, 1.82) is 0 Å². The standard InChI is InChI=1S/C11H12BrIN4/c1-2-14-6-9-7-17(16-15-9)11-5-8(12)3-4-10(11)13/h3-5,7,14H,2,6H2,1H3. The van der Waals surface area contributed by atoms with E-state index in [1.54, 1.807) is 4.68 Å². The highest BCUT2D eigenvalue weighted by Gasteiger charge is 2.06. The van der Waals surface area contributed by atoms with E-state index in [0.717, 1.165) is 32.5 Å². The second kappa shape index (κ2) is 5.92. The van der Waals surface area contributed by atoms with Gasteiger partial charge in [0.05, 0.1) is 17.6 Å². The minimum Gasteiger partial charge on any atom is -0.311 e. The molecule has 0 saturated heterocycles. The molecule has 0 radical (unpaired) electrons. The molecule has 1 aromatic carbocycles. The van der Waals surface area contributed by atoms with Crippen molar-refractivity contribution in [3.8, 4) is 5.69 Å². The van der Waals surface area contributed by atoms with Gasteiger partial charge in [0, 0.05) is 14.6 Å². The molecule has 1 N–H and O–H groups in total. The highest BCUT2D eigenvalue weighted by Crippen LogP contribution is 2.21. The van der Waals surface area contributed by atoms with Crippen LogP contribution in [0.2, 0.25) is 0 Å². The molecule has 17 heavy (non-hydrogen) atoms. The fourth-order valence-corrected chi connectivity index (χ4v) is 2.34. The second-order valence-electron chi connectivity index (χ2n) is 3.53. The van der Waals surface area contributed by atoms with Crippen LogP contribution in [0.3, 0.4) is 0 Å². The fourth-order valence-electron chi connectivity index (χ4n) is 1.41. The van der Waals surface area contributed by atoms with E-state index >= 15 is 0 Å². The third kappa shape index (κ3) is 3.26. The molecular weight excluding hydrogens is 395 g/mol. The summed E-state index contributed by atoms with van der Waals surface area (Å²) >= 11 is 5.76. The molecular formula is C11H12BrIN4. The monoisotopic (exact) mass is 406 g/mol. The average molecular weight is 407 g/mol. The predicted octanol–water partition coefficient (Wildman–Crippen LogP) is 2.74. The van der Waals surface area contributed by atoms with E-state index in [0.29, 0.717) is 0 Å². The zero-order chi connectivity index (χ0) is 12.3. The number of halogens is 2. The Kier molecular flexibility index (Phi) is 4.52. The normalized spacial score (nSPS) is 10.8. The van der Waals surface area contributed by atoms with Gasteiger partial charge in [-0.1, -0.05) is 28.1 Å². The van der Waals surface area contributed by atoms with Crippen molar-refractivity contribution in [1.82, 2.24) is 20.3 Å². The molecule has 6 heteroatoms. The van der Waals surface area contributed by atoms with E-state index < -0.39 is 0 Å². The Hall–Kier alpha value is -0.470. The first kappa shape index (κ1) is 13.0. The number of aromatic nitrogens is 3. The molecule has 2 rings (SSSR count). The molecule has 90 valence electrons. The summed E-state index contributed by atoms with van der Waals surface area (Å²) in [5.41, 5.74) is 1.98. The SMILES string of the molecule is CCNCc1cn(-c2cc(Br)ccc2I)nn1. The maximum absolute atomic E-state index is 4.14. The molecule has 4 nitrogen and oxygen atoms in total. The second-order valence-corrected chi connectivity index (χ2v) is 5.61. The number of nitrogens with zero attached hydrogens (tertiary/aromatic N) is 3. The number of nitrogens with one attached hydrogen (secondary N) is 1. The summed E-state index contributed by atoms with van der Waals surface area (Å²) in [7, 11) is 0. The molecule has 1 aromatic heterocycles. The third-order valence-corrected chi connectivity index (χ3v) is 3.66. The first-order valence-corrected chi connectivity index (χ1v) is 7.15. The van der Waals surface area contributed by atoms with Crippen LogP contribution in [0.25, 0.3) is 5.69 Å². The molecule has 0 amide bonds. The van der Waals surface area contributed by atoms with Crippen molar-refractivity contribution >= 4 is 38.5 Å². The van der Waals surface area contributed by atoms with Gasteiger partial charge in [0.15, 0.2) is 0 Å². The van der Waals surface area contributed by atoms with Gasteiger partial charge in [0.1, 0.15) is 0 Å². The van der Waals surface area contributed by atoms with Crippen LogP contribution in [0.5, 0.6) is 0 Å². The van der Waals surface area contributed by atoms with E-state index in [1.807, 2.05) is 24.4 Å². The lowest BCUT2D eigenvalue weighted by atomic mass is 10.3. The quantitative estimate of drug-likeness (QED) is 0.794. The highest BCUT2D eigenvalue weighted by atomic mass is 127. The lowest BCUT2D eigenvalue weighted by molar-refractivity contribution is 0.705. The van der Waals surface area contributed by atoms with E-state index in [-0.39, 0.29) is 0 Å². The Morgan fingerprint density at radius 1 is 1.47 bits per heavy atom. The molecule has 0 aliphatic carbocycles. The zero-order valence-corrected chi connectivity index (χ0v) is 13.1. The summed E-state index contributed by atoms with van der Waals surface area (Å²) in [4.78, 5) is 0. The average Bonchev–Trinajstić information content (AvgIpc) is 2.78. The first-order valence-electron chi connectivity index (χ1n) is 5.28. The Morgan fingerprint density at radius 2 is 2.29 bits per heavy atom. The smallest absolute Gasteiger partial charge is 0.0969 e. The highest BCUT2D eigenvalue weighted by molar-refractivity contribution is 14.1. The summed E-state index contributed by atoms with van der Waals surface area (Å²) in [6.45, 7) is 3.75. The largest absolute Gasteiger partial charge is 0.311 e. The van der Waals surface area contributed by atoms with Gasteiger partial charge in [0.25, 0.3) is 0 Å². The van der Waals surface area contributed by atoms with Crippen molar-refractivity contribution in [3.63, 3.8) is 0 Å². The molecule has 2 aromatic rings. The van der Waals surface area contributed by atoms with Gasteiger partial charge in [-0.15, -0.1) is 5.10 Å². The van der Waals surface area contributed by atoms with Gasteiger partial charge in [-0.3, -0.25) is 0 Å². The number of hydrogen-bond acceptors (Lipinski definition) is 3. The number of benzene rings is 1. The topological polar surface area (TPSA) is 42.7 Å². The van der Waals surface area contributed by atoms with E-state index in [9.17, 15) is 0 Å². The molecule has 0 saturated carbocycles. The van der Waals surface area contributed by atoms with Crippen LogP contribution in [-0.4, -0.2) is 21.5 Å². The number of rotatable bonds is 4. The van der Waals surface area contributed by atoms with Gasteiger partial charge in [-0.05, 0) is 47.3 Å². The lowest BCUT2D eigenvalue weighted by Gasteiger charge is -2.03. The minimum absolute atomic E-state index is 0.751. The molecule has 0 atom stereocenters. The van der Waals surface area contributed by atoms with Crippen molar-refractivity contribution < 1.29 is 0 Å². The predicted molar refractivity (Wildman–Crippen MR) is 79.2 cm³/mol. The zero-order valence-electron chi connectivity index (χ0n) is 9.32. The van der Waals surface area contributed by atoms with Crippen LogP contribution >= 0.6 is 38.5 Å². The van der Waals surface area contributed by atoms with E-state index in [4.69, 9.17) is 0 Å².